The Balaban J connectivity index is 1.75. The van der Waals surface area contributed by atoms with Gasteiger partial charge >= 0.3 is 0 Å². The van der Waals surface area contributed by atoms with Crippen LogP contribution in [0.15, 0.2) is 16.9 Å². The van der Waals surface area contributed by atoms with Gasteiger partial charge in [0.05, 0.1) is 18.8 Å². The zero-order chi connectivity index (χ0) is 17.1. The number of fused-ring (bicyclic) bond motifs is 1. The zero-order valence-corrected chi connectivity index (χ0v) is 14.1. The van der Waals surface area contributed by atoms with Crippen molar-refractivity contribution in [3.63, 3.8) is 0 Å². The SMILES string of the molecule is CC[C@H](C(=O)Nc1cc(C)on1)N1CCc2ncnc(OC)c2C1. The van der Waals surface area contributed by atoms with Crippen LogP contribution >= 0.6 is 0 Å². The highest BCUT2D eigenvalue weighted by atomic mass is 16.5. The summed E-state index contributed by atoms with van der Waals surface area (Å²) in [4.78, 5) is 23.2. The summed E-state index contributed by atoms with van der Waals surface area (Å²) >= 11 is 0. The molecule has 1 amide bonds. The van der Waals surface area contributed by atoms with Gasteiger partial charge in [0.25, 0.3) is 0 Å². The molecule has 2 aromatic rings. The summed E-state index contributed by atoms with van der Waals surface area (Å²) in [7, 11) is 1.60. The summed E-state index contributed by atoms with van der Waals surface area (Å²) in [6.45, 7) is 5.13. The highest BCUT2D eigenvalue weighted by Gasteiger charge is 2.30. The molecular formula is C16H21N5O3. The molecule has 0 fully saturated rings. The number of rotatable bonds is 5. The van der Waals surface area contributed by atoms with Crippen molar-refractivity contribution in [2.24, 2.45) is 0 Å². The minimum Gasteiger partial charge on any atom is -0.481 e. The number of aryl methyl sites for hydroxylation is 1. The first-order chi connectivity index (χ1) is 11.6. The van der Waals surface area contributed by atoms with Gasteiger partial charge in [-0.15, -0.1) is 0 Å². The van der Waals surface area contributed by atoms with E-state index in [1.807, 2.05) is 6.92 Å². The lowest BCUT2D eigenvalue weighted by Gasteiger charge is -2.33. The van der Waals surface area contributed by atoms with Crippen molar-refractivity contribution in [1.82, 2.24) is 20.0 Å². The molecule has 3 heterocycles. The lowest BCUT2D eigenvalue weighted by molar-refractivity contribution is -0.121. The summed E-state index contributed by atoms with van der Waals surface area (Å²) in [6.07, 6.45) is 2.97. The van der Waals surface area contributed by atoms with Crippen LogP contribution in [0.5, 0.6) is 5.88 Å². The molecule has 0 aromatic carbocycles. The maximum Gasteiger partial charge on any atom is 0.242 e. The van der Waals surface area contributed by atoms with Crippen LogP contribution in [0.3, 0.4) is 0 Å². The summed E-state index contributed by atoms with van der Waals surface area (Å²) in [6, 6.07) is 1.44. The monoisotopic (exact) mass is 331 g/mol. The molecule has 3 rings (SSSR count). The Labute approximate surface area is 140 Å². The number of amides is 1. The second-order valence-corrected chi connectivity index (χ2v) is 5.76. The lowest BCUT2D eigenvalue weighted by Crippen LogP contribution is -2.46. The van der Waals surface area contributed by atoms with E-state index in [-0.39, 0.29) is 11.9 Å². The summed E-state index contributed by atoms with van der Waals surface area (Å²) in [5.74, 6) is 1.58. The van der Waals surface area contributed by atoms with E-state index in [9.17, 15) is 4.79 Å². The molecule has 0 saturated heterocycles. The van der Waals surface area contributed by atoms with Crippen molar-refractivity contribution in [3.8, 4) is 5.88 Å². The van der Waals surface area contributed by atoms with Crippen LogP contribution in [0.4, 0.5) is 5.82 Å². The molecule has 8 heteroatoms. The molecule has 1 atom stereocenters. The van der Waals surface area contributed by atoms with Gasteiger partial charge in [-0.25, -0.2) is 9.97 Å². The van der Waals surface area contributed by atoms with E-state index in [2.05, 4.69) is 25.3 Å². The van der Waals surface area contributed by atoms with Gasteiger partial charge in [0.1, 0.15) is 12.1 Å². The number of hydrogen-bond acceptors (Lipinski definition) is 7. The number of methoxy groups -OCH3 is 1. The van der Waals surface area contributed by atoms with Gasteiger partial charge in [-0.05, 0) is 13.3 Å². The van der Waals surface area contributed by atoms with Gasteiger partial charge in [0, 0.05) is 31.1 Å². The van der Waals surface area contributed by atoms with Crippen LogP contribution < -0.4 is 10.1 Å². The van der Waals surface area contributed by atoms with Gasteiger partial charge in [0.15, 0.2) is 5.82 Å². The quantitative estimate of drug-likeness (QED) is 0.888. The molecular weight excluding hydrogens is 310 g/mol. The van der Waals surface area contributed by atoms with Crippen LogP contribution in [0.25, 0.3) is 0 Å². The van der Waals surface area contributed by atoms with E-state index >= 15 is 0 Å². The summed E-state index contributed by atoms with van der Waals surface area (Å²) in [5, 5.41) is 6.63. The molecule has 2 aromatic heterocycles. The van der Waals surface area contributed by atoms with Crippen molar-refractivity contribution in [2.45, 2.75) is 39.3 Å². The van der Waals surface area contributed by atoms with E-state index in [1.54, 1.807) is 20.1 Å². The maximum absolute atomic E-state index is 12.6. The van der Waals surface area contributed by atoms with Crippen molar-refractivity contribution in [2.75, 3.05) is 19.0 Å². The molecule has 8 nitrogen and oxygen atoms in total. The zero-order valence-electron chi connectivity index (χ0n) is 14.1. The Morgan fingerprint density at radius 1 is 1.50 bits per heavy atom. The molecule has 1 aliphatic rings. The minimum atomic E-state index is -0.264. The number of ether oxygens (including phenoxy) is 1. The van der Waals surface area contributed by atoms with Gasteiger partial charge in [-0.3, -0.25) is 9.69 Å². The molecule has 0 unspecified atom stereocenters. The van der Waals surface area contributed by atoms with Crippen molar-refractivity contribution in [3.05, 3.63) is 29.4 Å². The predicted octanol–water partition coefficient (Wildman–Crippen LogP) is 1.56. The third kappa shape index (κ3) is 3.23. The Morgan fingerprint density at radius 2 is 2.33 bits per heavy atom. The van der Waals surface area contributed by atoms with Crippen LogP contribution in [-0.2, 0) is 17.8 Å². The third-order valence-electron chi connectivity index (χ3n) is 4.19. The number of carbonyl (C=O) groups excluding carboxylic acids is 1. The average Bonchev–Trinajstić information content (AvgIpc) is 2.99. The van der Waals surface area contributed by atoms with Crippen LogP contribution in [0, 0.1) is 6.92 Å². The van der Waals surface area contributed by atoms with Crippen LogP contribution in [-0.4, -0.2) is 45.6 Å². The lowest BCUT2D eigenvalue weighted by atomic mass is 10.0. The maximum atomic E-state index is 12.6. The Bertz CT molecular complexity index is 716. The topological polar surface area (TPSA) is 93.4 Å². The third-order valence-corrected chi connectivity index (χ3v) is 4.19. The molecule has 0 spiro atoms. The van der Waals surface area contributed by atoms with E-state index in [0.29, 0.717) is 30.4 Å². The molecule has 1 N–H and O–H groups in total. The Morgan fingerprint density at radius 3 is 3.00 bits per heavy atom. The fourth-order valence-electron chi connectivity index (χ4n) is 3.02. The average molecular weight is 331 g/mol. The number of nitrogens with one attached hydrogen (secondary N) is 1. The van der Waals surface area contributed by atoms with E-state index in [0.717, 1.165) is 24.2 Å². The number of anilines is 1. The number of hydrogen-bond donors (Lipinski definition) is 1. The van der Waals surface area contributed by atoms with Gasteiger partial charge in [0.2, 0.25) is 11.8 Å². The van der Waals surface area contributed by atoms with Crippen LogP contribution in [0.1, 0.15) is 30.4 Å². The first kappa shape index (κ1) is 16.4. The second kappa shape index (κ2) is 6.96. The summed E-state index contributed by atoms with van der Waals surface area (Å²) < 4.78 is 10.3. The van der Waals surface area contributed by atoms with Crippen molar-refractivity contribution >= 4 is 11.7 Å². The normalized spacial score (nSPS) is 15.6. The van der Waals surface area contributed by atoms with E-state index < -0.39 is 0 Å². The van der Waals surface area contributed by atoms with Crippen molar-refractivity contribution < 1.29 is 14.1 Å². The first-order valence-electron chi connectivity index (χ1n) is 7.97. The molecule has 24 heavy (non-hydrogen) atoms. The highest BCUT2D eigenvalue weighted by Crippen LogP contribution is 2.26. The Kier molecular flexibility index (Phi) is 4.75. The van der Waals surface area contributed by atoms with E-state index in [4.69, 9.17) is 9.26 Å². The number of nitrogens with zero attached hydrogens (tertiary/aromatic N) is 4. The standard InChI is InChI=1S/C16H21N5O3/c1-4-13(15(22)19-14-7-10(2)24-20-14)21-6-5-12-11(8-21)16(23-3)18-9-17-12/h7,9,13H,4-6,8H2,1-3H3,(H,19,20,22)/t13-/m1/s1. The summed E-state index contributed by atoms with van der Waals surface area (Å²) in [5.41, 5.74) is 1.94. The fourth-order valence-corrected chi connectivity index (χ4v) is 3.02. The second-order valence-electron chi connectivity index (χ2n) is 5.76. The Hall–Kier alpha value is -2.48. The largest absolute Gasteiger partial charge is 0.481 e. The smallest absolute Gasteiger partial charge is 0.242 e. The van der Waals surface area contributed by atoms with Crippen LogP contribution in [0.2, 0.25) is 0 Å². The molecule has 0 bridgehead atoms. The highest BCUT2D eigenvalue weighted by molar-refractivity contribution is 5.94. The first-order valence-corrected chi connectivity index (χ1v) is 7.97. The molecule has 0 saturated carbocycles. The van der Waals surface area contributed by atoms with Gasteiger partial charge < -0.3 is 14.6 Å². The van der Waals surface area contributed by atoms with Crippen molar-refractivity contribution in [1.29, 1.82) is 0 Å². The fraction of sp³-hybridized carbons (Fsp3) is 0.500. The molecule has 0 aliphatic carbocycles. The molecule has 1 aliphatic heterocycles. The number of aromatic nitrogens is 3. The van der Waals surface area contributed by atoms with E-state index in [1.165, 1.54) is 6.33 Å². The van der Waals surface area contributed by atoms with Gasteiger partial charge in [-0.1, -0.05) is 12.1 Å². The molecule has 128 valence electrons. The van der Waals surface area contributed by atoms with Gasteiger partial charge in [-0.2, -0.15) is 0 Å². The predicted molar refractivity (Wildman–Crippen MR) is 86.6 cm³/mol. The number of carbonyl (C=O) groups is 1. The molecule has 0 radical (unpaired) electrons. The minimum absolute atomic E-state index is 0.0925.